The third-order valence-corrected chi connectivity index (χ3v) is 7.27. The molecular weight excluding hydrogens is 1120 g/mol. The van der Waals surface area contributed by atoms with Crippen LogP contribution in [0.4, 0.5) is 0 Å². The van der Waals surface area contributed by atoms with Gasteiger partial charge in [-0.05, 0) is 115 Å². The zero-order chi connectivity index (χ0) is 34.0. The quantitative estimate of drug-likeness (QED) is 0.139. The summed E-state index contributed by atoms with van der Waals surface area (Å²) in [7, 11) is 12.6. The number of carbonyl (C=O) groups is 3. The number of nitrogens with one attached hydrogen (secondary N) is 1. The van der Waals surface area contributed by atoms with E-state index in [1.807, 2.05) is 12.0 Å². The summed E-state index contributed by atoms with van der Waals surface area (Å²) in [4.78, 5) is 50.2. The van der Waals surface area contributed by atoms with E-state index in [0.717, 1.165) is 77.8 Å². The Morgan fingerprint density at radius 1 is 0.800 bits per heavy atom. The number of nitrogens with zero attached hydrogens (tertiary/aromatic N) is 4. The van der Waals surface area contributed by atoms with E-state index in [2.05, 4.69) is 122 Å². The standard InChI is InChI=1S/C9H18N2O2.C7H12ClNO.C7H13NO2.C2H7NO.CH3I.CH4.ClH.3HI.V/c1-10-6-4-8(5-7-10)9(12)11(2)13-3;1-9-4-2-6(3-5-9)7(8)10;1-8-4-2-6(3-5-8)7(9)10;1-3-4-2;1-2;;;;;;/h8H,4-7H2,1-3H3;6H,2-5H2,1H3;6H,2-5H2,1H3,(H,9,10);3H,1-2H3;1H3;1H4;4*1H;/q;;;;;;;;;;+3/p-3. The minimum absolute atomic E-state index is 0. The van der Waals surface area contributed by atoms with Crippen molar-refractivity contribution in [2.75, 3.05) is 93.7 Å². The van der Waals surface area contributed by atoms with Crippen LogP contribution >= 0.6 is 107 Å². The van der Waals surface area contributed by atoms with Crippen LogP contribution in [0.5, 0.6) is 0 Å². The molecular formula is C27H58Cl2I4N5O6V. The van der Waals surface area contributed by atoms with Crippen molar-refractivity contribution in [2.45, 2.75) is 46.0 Å². The normalized spacial score (nSPS) is 17.6. The van der Waals surface area contributed by atoms with Gasteiger partial charge in [-0.25, -0.2) is 10.5 Å². The number of alkyl halides is 1. The molecule has 3 aliphatic rings. The number of aliphatic carboxylic acids is 1. The Labute approximate surface area is 336 Å². The maximum absolute atomic E-state index is 11.6. The van der Waals surface area contributed by atoms with Crippen molar-refractivity contribution in [1.29, 1.82) is 0 Å². The molecule has 1 amide bonds. The molecule has 2 N–H and O–H groups in total. The van der Waals surface area contributed by atoms with Gasteiger partial charge in [0, 0.05) is 25.9 Å². The number of likely N-dealkylation sites (tertiary alicyclic amines) is 3. The molecule has 3 heterocycles. The van der Waals surface area contributed by atoms with Crippen molar-refractivity contribution < 1.29 is 34.1 Å². The Balaban J connectivity index is -0.000000153. The third-order valence-electron chi connectivity index (χ3n) is 6.96. The zero-order valence-corrected chi connectivity index (χ0v) is 38.8. The number of hydroxylamine groups is 3. The summed E-state index contributed by atoms with van der Waals surface area (Å²) >= 11 is 14.9. The van der Waals surface area contributed by atoms with Gasteiger partial charge in [0.25, 0.3) is 0 Å². The van der Waals surface area contributed by atoms with Crippen LogP contribution in [0.3, 0.4) is 0 Å². The fourth-order valence-electron chi connectivity index (χ4n) is 4.09. The van der Waals surface area contributed by atoms with Gasteiger partial charge in [0.05, 0.1) is 20.1 Å². The van der Waals surface area contributed by atoms with Gasteiger partial charge in [0.1, 0.15) is 0 Å². The summed E-state index contributed by atoms with van der Waals surface area (Å²) in [5.74, 6) is -0.334. The molecule has 3 rings (SSSR count). The van der Waals surface area contributed by atoms with Crippen LogP contribution in [0.15, 0.2) is 0 Å². The number of hydrogen-bond donors (Lipinski definition) is 2. The summed E-state index contributed by atoms with van der Waals surface area (Å²) in [6, 6.07) is 0. The average Bonchev–Trinajstić information content (AvgIpc) is 2.98. The second-order valence-corrected chi connectivity index (χ2v) is 45.7. The molecule has 0 saturated carbocycles. The summed E-state index contributed by atoms with van der Waals surface area (Å²) in [5.41, 5.74) is 2.43. The molecule has 18 heteroatoms. The summed E-state index contributed by atoms with van der Waals surface area (Å²) in [6.07, 6.45) is 5.38. The SMILES string of the molecule is C.CI.CN1CCC(C(=O)Cl)CC1.CN1CCC(C(=O)O)CC1.CNOC.CON(C)C(=O)C1CCN(C)CC1.Cl.[I][V]([I])[I]. The summed E-state index contributed by atoms with van der Waals surface area (Å²) in [5, 5.41) is 9.78. The van der Waals surface area contributed by atoms with E-state index in [1.165, 1.54) is 12.2 Å². The molecule has 0 unspecified atom stereocenters. The first-order chi connectivity index (χ1) is 20.2. The van der Waals surface area contributed by atoms with E-state index in [1.54, 1.807) is 21.2 Å². The van der Waals surface area contributed by atoms with Crippen molar-refractivity contribution in [3.8, 4) is 0 Å². The van der Waals surface area contributed by atoms with Gasteiger partial charge in [-0.3, -0.25) is 19.2 Å². The van der Waals surface area contributed by atoms with Crippen molar-refractivity contribution >= 4 is 124 Å². The third kappa shape index (κ3) is 34.7. The predicted molar refractivity (Wildman–Crippen MR) is 221 cm³/mol. The number of carboxylic acids is 1. The predicted octanol–water partition coefficient (Wildman–Crippen LogP) is 6.39. The molecule has 0 aliphatic carbocycles. The fourth-order valence-corrected chi connectivity index (χ4v) is 4.31. The van der Waals surface area contributed by atoms with Gasteiger partial charge >= 0.3 is 70.8 Å². The second kappa shape index (κ2) is 37.7. The molecule has 0 atom stereocenters. The van der Waals surface area contributed by atoms with E-state index < -0.39 is 5.97 Å². The summed E-state index contributed by atoms with van der Waals surface area (Å²) < 4.78 is 0. The van der Waals surface area contributed by atoms with Crippen LogP contribution in [0.1, 0.15) is 46.0 Å². The van der Waals surface area contributed by atoms with Crippen molar-refractivity contribution in [3.05, 3.63) is 0 Å². The number of carbonyl (C=O) groups excluding carboxylic acids is 2. The molecule has 274 valence electrons. The van der Waals surface area contributed by atoms with E-state index in [4.69, 9.17) is 21.5 Å². The first-order valence-electron chi connectivity index (χ1n) is 13.8. The molecule has 11 nitrogen and oxygen atoms in total. The molecule has 3 saturated heterocycles. The number of hydrogen-bond acceptors (Lipinski definition) is 9. The Morgan fingerprint density at radius 3 is 1.29 bits per heavy atom. The fraction of sp³-hybridized carbons (Fsp3) is 0.889. The Bertz CT molecular complexity index is 672. The zero-order valence-electron chi connectivity index (χ0n) is 27.2. The number of piperidine rings is 3. The number of halogens is 6. The van der Waals surface area contributed by atoms with Gasteiger partial charge in [-0.1, -0.05) is 30.0 Å². The molecule has 0 bridgehead atoms. The van der Waals surface area contributed by atoms with Crippen LogP contribution in [0, 0.1) is 17.8 Å². The molecule has 3 aliphatic heterocycles. The van der Waals surface area contributed by atoms with Gasteiger partial charge in [-0.15, -0.1) is 12.4 Å². The van der Waals surface area contributed by atoms with E-state index in [-0.39, 0.29) is 53.7 Å². The van der Waals surface area contributed by atoms with Gasteiger partial charge in [0.15, 0.2) is 0 Å². The Morgan fingerprint density at radius 2 is 1.07 bits per heavy atom. The molecule has 45 heavy (non-hydrogen) atoms. The molecule has 3 fully saturated rings. The molecule has 0 aromatic heterocycles. The Kier molecular flexibility index (Phi) is 47.6. The van der Waals surface area contributed by atoms with Gasteiger partial charge < -0.3 is 24.6 Å². The van der Waals surface area contributed by atoms with Crippen LogP contribution in [-0.2, 0) is 29.0 Å². The van der Waals surface area contributed by atoms with Crippen molar-refractivity contribution in [2.24, 2.45) is 17.8 Å². The topological polar surface area (TPSA) is 115 Å². The van der Waals surface area contributed by atoms with Crippen LogP contribution in [0.25, 0.3) is 0 Å². The first-order valence-corrected chi connectivity index (χ1v) is 29.9. The number of rotatable bonds is 5. The molecule has 0 spiro atoms. The van der Waals surface area contributed by atoms with Crippen LogP contribution in [-0.4, -0.2) is 136 Å². The minimum atomic E-state index is -0.631. The van der Waals surface area contributed by atoms with Crippen molar-refractivity contribution in [1.82, 2.24) is 25.2 Å². The number of amides is 1. The van der Waals surface area contributed by atoms with Crippen LogP contribution in [0.2, 0.25) is 0 Å². The van der Waals surface area contributed by atoms with Crippen LogP contribution < -0.4 is 5.48 Å². The molecule has 0 aromatic carbocycles. The number of carboxylic acid groups (broad SMARTS) is 1. The van der Waals surface area contributed by atoms with E-state index in [9.17, 15) is 14.4 Å². The molecule has 0 aromatic rings. The molecule has 0 radical (unpaired) electrons. The van der Waals surface area contributed by atoms with E-state index >= 15 is 0 Å². The maximum atomic E-state index is 11.6. The summed E-state index contributed by atoms with van der Waals surface area (Å²) in [6.45, 7) is 5.88. The van der Waals surface area contributed by atoms with Gasteiger partial charge in [-0.2, -0.15) is 0 Å². The van der Waals surface area contributed by atoms with Gasteiger partial charge in [0.2, 0.25) is 11.1 Å². The average molecular weight is 1180 g/mol. The first kappa shape index (κ1) is 56.8. The monoisotopic (exact) mass is 1180 g/mol. The van der Waals surface area contributed by atoms with Crippen molar-refractivity contribution in [3.63, 3.8) is 0 Å². The Hall–Kier alpha value is 2.45. The second-order valence-electron chi connectivity index (χ2n) is 9.99. The van der Waals surface area contributed by atoms with E-state index in [0.29, 0.717) is 0 Å².